The molecule has 0 radical (unpaired) electrons. The summed E-state index contributed by atoms with van der Waals surface area (Å²) < 4.78 is 10.5. The molecule has 3 atom stereocenters. The van der Waals surface area contributed by atoms with Gasteiger partial charge in [-0.1, -0.05) is 24.3 Å². The number of hydrogen-bond donors (Lipinski definition) is 4. The highest BCUT2D eigenvalue weighted by Gasteiger charge is 2.48. The highest BCUT2D eigenvalue weighted by Crippen LogP contribution is 2.45. The van der Waals surface area contributed by atoms with Crippen molar-refractivity contribution in [3.63, 3.8) is 0 Å². The summed E-state index contributed by atoms with van der Waals surface area (Å²) in [4.78, 5) is 0. The van der Waals surface area contributed by atoms with E-state index in [0.29, 0.717) is 23.7 Å². The van der Waals surface area contributed by atoms with Crippen LogP contribution in [0.4, 0.5) is 0 Å². The fourth-order valence-corrected chi connectivity index (χ4v) is 4.75. The normalized spacial score (nSPS) is 24.4. The Labute approximate surface area is 187 Å². The summed E-state index contributed by atoms with van der Waals surface area (Å²) in [5.41, 5.74) is 1.81. The molecule has 1 aliphatic carbocycles. The Morgan fingerprint density at radius 3 is 2.23 bits per heavy atom. The molecule has 0 saturated carbocycles. The standard InChI is InChI=1S/C24H28N2O4S/c1-29-17-10-6-15(7-11-17)20(27)19-5-3-4-14-24(28)21(25-23(31)26-22(19)24)16-8-12-18(30-2)13-9-16/h6-13,20-21,27-28H,3-5,14H2,1-2H3,(H2,25,26,31). The van der Waals surface area contributed by atoms with Gasteiger partial charge in [-0.2, -0.15) is 0 Å². The third kappa shape index (κ3) is 4.13. The Kier molecular flexibility index (Phi) is 6.18. The first-order chi connectivity index (χ1) is 15.0. The minimum Gasteiger partial charge on any atom is -0.497 e. The lowest BCUT2D eigenvalue weighted by molar-refractivity contribution is 0.0213. The first kappa shape index (κ1) is 21.6. The number of ether oxygens (including phenoxy) is 2. The lowest BCUT2D eigenvalue weighted by atomic mass is 9.79. The SMILES string of the molecule is COc1ccc(C(O)C2=C3NC(=S)NC(c4ccc(OC)cc4)C3(O)CCCC2)cc1. The molecule has 4 N–H and O–H groups in total. The van der Waals surface area contributed by atoms with E-state index < -0.39 is 17.7 Å². The molecule has 7 heteroatoms. The summed E-state index contributed by atoms with van der Waals surface area (Å²) >= 11 is 5.49. The van der Waals surface area contributed by atoms with Crippen LogP contribution < -0.4 is 20.1 Å². The van der Waals surface area contributed by atoms with Crippen LogP contribution in [0.5, 0.6) is 11.5 Å². The number of aliphatic hydroxyl groups excluding tert-OH is 1. The number of nitrogens with one attached hydrogen (secondary N) is 2. The second-order valence-electron chi connectivity index (χ2n) is 8.01. The predicted octanol–water partition coefficient (Wildman–Crippen LogP) is 3.52. The average molecular weight is 441 g/mol. The maximum atomic E-state index is 12.0. The van der Waals surface area contributed by atoms with Crippen LogP contribution in [0.2, 0.25) is 0 Å². The Bertz CT molecular complexity index is 974. The summed E-state index contributed by atoms with van der Waals surface area (Å²) in [6, 6.07) is 14.5. The first-order valence-corrected chi connectivity index (χ1v) is 10.9. The van der Waals surface area contributed by atoms with Gasteiger partial charge in [-0.05, 0) is 78.9 Å². The maximum absolute atomic E-state index is 12.0. The summed E-state index contributed by atoms with van der Waals surface area (Å²) in [5.74, 6) is 1.48. The van der Waals surface area contributed by atoms with Crippen LogP contribution in [0.25, 0.3) is 0 Å². The Balaban J connectivity index is 1.77. The molecule has 4 rings (SSSR count). The van der Waals surface area contributed by atoms with E-state index in [0.717, 1.165) is 41.0 Å². The van der Waals surface area contributed by atoms with E-state index in [4.69, 9.17) is 21.7 Å². The van der Waals surface area contributed by atoms with E-state index in [1.807, 2.05) is 48.5 Å². The summed E-state index contributed by atoms with van der Waals surface area (Å²) in [7, 11) is 3.24. The average Bonchev–Trinajstić information content (AvgIpc) is 2.97. The molecule has 1 saturated heterocycles. The van der Waals surface area contributed by atoms with Crippen molar-refractivity contribution in [2.45, 2.75) is 43.4 Å². The second kappa shape index (κ2) is 8.86. The molecule has 6 nitrogen and oxygen atoms in total. The minimum absolute atomic E-state index is 0.432. The molecule has 0 bridgehead atoms. The highest BCUT2D eigenvalue weighted by atomic mass is 32.1. The summed E-state index contributed by atoms with van der Waals surface area (Å²) in [6.45, 7) is 0. The van der Waals surface area contributed by atoms with Gasteiger partial charge in [0.2, 0.25) is 0 Å². The molecule has 0 aromatic heterocycles. The molecule has 1 heterocycles. The second-order valence-corrected chi connectivity index (χ2v) is 8.42. The number of rotatable bonds is 5. The lowest BCUT2D eigenvalue weighted by Gasteiger charge is -2.44. The zero-order chi connectivity index (χ0) is 22.0. The summed E-state index contributed by atoms with van der Waals surface area (Å²) in [5, 5.41) is 30.1. The van der Waals surface area contributed by atoms with Crippen LogP contribution in [0.15, 0.2) is 59.8 Å². The van der Waals surface area contributed by atoms with Gasteiger partial charge in [-0.15, -0.1) is 0 Å². The van der Waals surface area contributed by atoms with Crippen molar-refractivity contribution < 1.29 is 19.7 Å². The molecule has 1 fully saturated rings. The van der Waals surface area contributed by atoms with Crippen molar-refractivity contribution in [1.29, 1.82) is 0 Å². The van der Waals surface area contributed by atoms with Crippen molar-refractivity contribution in [2.75, 3.05) is 14.2 Å². The third-order valence-corrected chi connectivity index (χ3v) is 6.43. The van der Waals surface area contributed by atoms with Crippen molar-refractivity contribution in [3.8, 4) is 11.5 Å². The van der Waals surface area contributed by atoms with Crippen LogP contribution in [0.1, 0.15) is 49.0 Å². The van der Waals surface area contributed by atoms with Crippen LogP contribution in [0, 0.1) is 0 Å². The van der Waals surface area contributed by atoms with Crippen LogP contribution in [0.3, 0.4) is 0 Å². The maximum Gasteiger partial charge on any atom is 0.171 e. The van der Waals surface area contributed by atoms with E-state index >= 15 is 0 Å². The summed E-state index contributed by atoms with van der Waals surface area (Å²) in [6.07, 6.45) is 2.09. The topological polar surface area (TPSA) is 83.0 Å². The van der Waals surface area contributed by atoms with E-state index in [9.17, 15) is 10.2 Å². The van der Waals surface area contributed by atoms with E-state index in [1.165, 1.54) is 0 Å². The number of thiocarbonyl (C=S) groups is 1. The van der Waals surface area contributed by atoms with Gasteiger partial charge in [0.05, 0.1) is 26.0 Å². The Morgan fingerprint density at radius 1 is 1.00 bits per heavy atom. The van der Waals surface area contributed by atoms with E-state index in [-0.39, 0.29) is 0 Å². The fraction of sp³-hybridized carbons (Fsp3) is 0.375. The van der Waals surface area contributed by atoms with Gasteiger partial charge in [0.1, 0.15) is 23.2 Å². The fourth-order valence-electron chi connectivity index (χ4n) is 4.53. The van der Waals surface area contributed by atoms with Crippen molar-refractivity contribution in [2.24, 2.45) is 0 Å². The molecular formula is C24H28N2O4S. The van der Waals surface area contributed by atoms with E-state index in [2.05, 4.69) is 10.6 Å². The van der Waals surface area contributed by atoms with Gasteiger partial charge < -0.3 is 30.3 Å². The first-order valence-electron chi connectivity index (χ1n) is 10.5. The number of fused-ring (bicyclic) bond motifs is 1. The zero-order valence-corrected chi connectivity index (χ0v) is 18.5. The van der Waals surface area contributed by atoms with Gasteiger partial charge >= 0.3 is 0 Å². The van der Waals surface area contributed by atoms with Crippen LogP contribution >= 0.6 is 12.2 Å². The Morgan fingerprint density at radius 2 is 1.61 bits per heavy atom. The molecular weight excluding hydrogens is 412 g/mol. The highest BCUT2D eigenvalue weighted by molar-refractivity contribution is 7.80. The van der Waals surface area contributed by atoms with E-state index in [1.54, 1.807) is 14.2 Å². The lowest BCUT2D eigenvalue weighted by Crippen LogP contribution is -2.59. The van der Waals surface area contributed by atoms with Crippen molar-refractivity contribution in [1.82, 2.24) is 10.6 Å². The molecule has 31 heavy (non-hydrogen) atoms. The Hall–Kier alpha value is -2.61. The molecule has 164 valence electrons. The molecule has 1 aliphatic heterocycles. The monoisotopic (exact) mass is 440 g/mol. The van der Waals surface area contributed by atoms with Gasteiger partial charge in [0, 0.05) is 0 Å². The van der Waals surface area contributed by atoms with Crippen molar-refractivity contribution in [3.05, 3.63) is 70.9 Å². The van der Waals surface area contributed by atoms with Gasteiger partial charge in [0.25, 0.3) is 0 Å². The molecule has 2 aromatic rings. The van der Waals surface area contributed by atoms with Crippen LogP contribution in [-0.2, 0) is 0 Å². The quantitative estimate of drug-likeness (QED) is 0.530. The number of benzene rings is 2. The molecule has 2 aromatic carbocycles. The molecule has 3 unspecified atom stereocenters. The number of methoxy groups -OCH3 is 2. The molecule has 0 spiro atoms. The number of aliphatic hydroxyl groups is 2. The van der Waals surface area contributed by atoms with Gasteiger partial charge in [-0.3, -0.25) is 0 Å². The third-order valence-electron chi connectivity index (χ3n) is 6.21. The largest absolute Gasteiger partial charge is 0.497 e. The van der Waals surface area contributed by atoms with Gasteiger partial charge in [0.15, 0.2) is 5.11 Å². The van der Waals surface area contributed by atoms with Crippen LogP contribution in [-0.4, -0.2) is 35.1 Å². The zero-order valence-electron chi connectivity index (χ0n) is 17.7. The predicted molar refractivity (Wildman–Crippen MR) is 123 cm³/mol. The van der Waals surface area contributed by atoms with Gasteiger partial charge in [-0.25, -0.2) is 0 Å². The van der Waals surface area contributed by atoms with Crippen molar-refractivity contribution >= 4 is 17.3 Å². The number of hydrogen-bond acceptors (Lipinski definition) is 5. The molecule has 0 amide bonds. The minimum atomic E-state index is -1.23. The smallest absolute Gasteiger partial charge is 0.171 e. The molecule has 2 aliphatic rings.